The molecule has 180 valence electrons. The molecule has 3 heterocycles. The van der Waals surface area contributed by atoms with Gasteiger partial charge in [0.1, 0.15) is 23.8 Å². The molecule has 0 amide bonds. The molecule has 0 N–H and O–H groups in total. The minimum atomic E-state index is -4.96. The van der Waals surface area contributed by atoms with E-state index in [1.165, 1.54) is 18.2 Å². The third-order valence-corrected chi connectivity index (χ3v) is 6.46. The number of nitrogens with zero attached hydrogens (tertiary/aromatic N) is 2. The molecule has 3 aromatic rings. The summed E-state index contributed by atoms with van der Waals surface area (Å²) >= 11 is 0. The van der Waals surface area contributed by atoms with Crippen molar-refractivity contribution in [3.05, 3.63) is 76.7 Å². The van der Waals surface area contributed by atoms with Crippen LogP contribution in [0.2, 0.25) is 0 Å². The van der Waals surface area contributed by atoms with Crippen LogP contribution in [0.1, 0.15) is 54.0 Å². The zero-order valence-corrected chi connectivity index (χ0v) is 17.6. The van der Waals surface area contributed by atoms with Crippen LogP contribution in [0.5, 0.6) is 0 Å². The highest BCUT2D eigenvalue weighted by molar-refractivity contribution is 5.86. The molecular formula is C24H19F7N2O. The third kappa shape index (κ3) is 3.92. The van der Waals surface area contributed by atoms with Crippen LogP contribution in [0, 0.1) is 5.82 Å². The van der Waals surface area contributed by atoms with Crippen molar-refractivity contribution in [3.63, 3.8) is 0 Å². The molecule has 2 aliphatic rings. The van der Waals surface area contributed by atoms with Crippen molar-refractivity contribution in [2.45, 2.75) is 50.0 Å². The first-order chi connectivity index (χ1) is 16.1. The van der Waals surface area contributed by atoms with E-state index in [1.807, 2.05) is 4.90 Å². The summed E-state index contributed by atoms with van der Waals surface area (Å²) in [7, 11) is 0. The zero-order valence-electron chi connectivity index (χ0n) is 17.6. The van der Waals surface area contributed by atoms with Gasteiger partial charge in [-0.1, -0.05) is 36.8 Å². The van der Waals surface area contributed by atoms with Gasteiger partial charge in [0.2, 0.25) is 0 Å². The van der Waals surface area contributed by atoms with Crippen LogP contribution in [0.4, 0.5) is 30.7 Å². The summed E-state index contributed by atoms with van der Waals surface area (Å²) in [5.41, 5.74) is -3.24. The maximum absolute atomic E-state index is 14.6. The van der Waals surface area contributed by atoms with E-state index in [0.29, 0.717) is 19.0 Å². The Morgan fingerprint density at radius 2 is 1.65 bits per heavy atom. The summed E-state index contributed by atoms with van der Waals surface area (Å²) in [5.74, 6) is -0.521. The summed E-state index contributed by atoms with van der Waals surface area (Å²) in [4.78, 5) is 5.25. The molecule has 1 aromatic heterocycles. The quantitative estimate of drug-likeness (QED) is 0.365. The molecule has 34 heavy (non-hydrogen) atoms. The molecule has 1 unspecified atom stereocenters. The number of hydrogen-bond donors (Lipinski definition) is 0. The average molecular weight is 484 g/mol. The van der Waals surface area contributed by atoms with Crippen molar-refractivity contribution in [2.75, 3.05) is 6.54 Å². The number of pyridine rings is 1. The number of fused-ring (bicyclic) bond motifs is 2. The second kappa shape index (κ2) is 8.20. The number of para-hydroxylation sites is 1. The van der Waals surface area contributed by atoms with Crippen molar-refractivity contribution in [1.82, 2.24) is 9.88 Å². The third-order valence-electron chi connectivity index (χ3n) is 6.46. The second-order valence-electron chi connectivity index (χ2n) is 8.53. The van der Waals surface area contributed by atoms with Crippen molar-refractivity contribution in [1.29, 1.82) is 0 Å². The first-order valence-electron chi connectivity index (χ1n) is 10.8. The fraction of sp³-hybridized carbons (Fsp3) is 0.375. The Bertz CT molecular complexity index is 1220. The van der Waals surface area contributed by atoms with Crippen molar-refractivity contribution < 1.29 is 35.5 Å². The maximum Gasteiger partial charge on any atom is 0.433 e. The summed E-state index contributed by atoms with van der Waals surface area (Å²) in [6, 6.07) is 9.49. The van der Waals surface area contributed by atoms with Crippen molar-refractivity contribution >= 4 is 10.9 Å². The Morgan fingerprint density at radius 1 is 0.882 bits per heavy atom. The first-order valence-corrected chi connectivity index (χ1v) is 10.8. The number of aromatic nitrogens is 1. The van der Waals surface area contributed by atoms with E-state index in [1.54, 1.807) is 12.1 Å². The second-order valence-corrected chi connectivity index (χ2v) is 8.53. The Kier molecular flexibility index (Phi) is 5.55. The number of ether oxygens (including phenoxy) is 1. The number of hydrogen-bond acceptors (Lipinski definition) is 3. The number of rotatable bonds is 2. The fourth-order valence-corrected chi connectivity index (χ4v) is 5.00. The van der Waals surface area contributed by atoms with Gasteiger partial charge >= 0.3 is 12.4 Å². The van der Waals surface area contributed by atoms with Crippen LogP contribution in [0.15, 0.2) is 48.5 Å². The molecule has 0 aliphatic carbocycles. The normalized spacial score (nSPS) is 23.9. The largest absolute Gasteiger partial charge is 0.433 e. The average Bonchev–Trinajstić information content (AvgIpc) is 3.16. The predicted octanol–water partition coefficient (Wildman–Crippen LogP) is 7.04. The summed E-state index contributed by atoms with van der Waals surface area (Å²) in [6.07, 6.45) is -9.58. The Labute approximate surface area is 190 Å². The fourth-order valence-electron chi connectivity index (χ4n) is 5.00. The molecule has 10 heteroatoms. The van der Waals surface area contributed by atoms with Crippen molar-refractivity contribution in [3.8, 4) is 0 Å². The van der Waals surface area contributed by atoms with E-state index in [4.69, 9.17) is 4.74 Å². The molecule has 2 aliphatic heterocycles. The van der Waals surface area contributed by atoms with Gasteiger partial charge in [0, 0.05) is 23.5 Å². The summed E-state index contributed by atoms with van der Waals surface area (Å²) < 4.78 is 103. The lowest BCUT2D eigenvalue weighted by Gasteiger charge is -2.33. The lowest BCUT2D eigenvalue weighted by Crippen LogP contribution is -2.38. The van der Waals surface area contributed by atoms with Gasteiger partial charge < -0.3 is 4.74 Å². The van der Waals surface area contributed by atoms with Crippen LogP contribution in [0.25, 0.3) is 10.9 Å². The molecule has 0 bridgehead atoms. The molecule has 5 rings (SSSR count). The zero-order chi connectivity index (χ0) is 24.3. The summed E-state index contributed by atoms with van der Waals surface area (Å²) in [6.45, 7) is 0.531. The van der Waals surface area contributed by atoms with Gasteiger partial charge in [-0.05, 0) is 36.6 Å². The number of halogens is 7. The lowest BCUT2D eigenvalue weighted by molar-refractivity contribution is -0.142. The maximum atomic E-state index is 14.6. The number of alkyl halides is 6. The van der Waals surface area contributed by atoms with Gasteiger partial charge in [-0.25, -0.2) is 9.37 Å². The molecule has 0 saturated carbocycles. The molecule has 0 spiro atoms. The SMILES string of the molecule is Fc1ccccc1C1O[C@@H](c2cc(C(F)(F)F)nc3c(C(F)(F)F)cccc23)[C@H]2CCCCN12. The Morgan fingerprint density at radius 3 is 2.35 bits per heavy atom. The predicted molar refractivity (Wildman–Crippen MR) is 109 cm³/mol. The van der Waals surface area contributed by atoms with Gasteiger partial charge in [-0.2, -0.15) is 26.3 Å². The molecular weight excluding hydrogens is 465 g/mol. The van der Waals surface area contributed by atoms with Crippen LogP contribution in [-0.2, 0) is 17.1 Å². The highest BCUT2D eigenvalue weighted by Gasteiger charge is 2.47. The summed E-state index contributed by atoms with van der Waals surface area (Å²) in [5, 5.41) is -0.0625. The van der Waals surface area contributed by atoms with E-state index < -0.39 is 53.3 Å². The smallest absolute Gasteiger partial charge is 0.349 e. The monoisotopic (exact) mass is 484 g/mol. The molecule has 2 fully saturated rings. The highest BCUT2D eigenvalue weighted by atomic mass is 19.4. The minimum Gasteiger partial charge on any atom is -0.349 e. The van der Waals surface area contributed by atoms with Crippen LogP contribution in [-0.4, -0.2) is 22.5 Å². The van der Waals surface area contributed by atoms with Gasteiger partial charge in [0.15, 0.2) is 0 Å². The highest BCUT2D eigenvalue weighted by Crippen LogP contribution is 2.49. The van der Waals surface area contributed by atoms with Gasteiger partial charge in [-0.3, -0.25) is 4.90 Å². The Hall–Kier alpha value is -2.72. The van der Waals surface area contributed by atoms with Gasteiger partial charge in [0.25, 0.3) is 0 Å². The van der Waals surface area contributed by atoms with Gasteiger partial charge in [-0.15, -0.1) is 0 Å². The van der Waals surface area contributed by atoms with E-state index in [-0.39, 0.29) is 16.5 Å². The van der Waals surface area contributed by atoms with E-state index in [2.05, 4.69) is 4.98 Å². The van der Waals surface area contributed by atoms with Crippen LogP contribution in [0.3, 0.4) is 0 Å². The first kappa shape index (κ1) is 23.0. The van der Waals surface area contributed by atoms with Crippen LogP contribution < -0.4 is 0 Å². The van der Waals surface area contributed by atoms with Crippen LogP contribution >= 0.6 is 0 Å². The van der Waals surface area contributed by atoms with E-state index in [9.17, 15) is 30.7 Å². The van der Waals surface area contributed by atoms with Gasteiger partial charge in [0.05, 0.1) is 11.1 Å². The van der Waals surface area contributed by atoms with E-state index in [0.717, 1.165) is 25.0 Å². The molecule has 3 nitrogen and oxygen atoms in total. The number of piperidine rings is 1. The molecule has 2 saturated heterocycles. The topological polar surface area (TPSA) is 25.4 Å². The molecule has 0 radical (unpaired) electrons. The standard InChI is InChI=1S/C24H19F7N2O/c25-17-9-2-1-6-14(17)22-33-11-4-3-10-18(33)21(34-22)15-12-19(24(29,30)31)32-20-13(15)7-5-8-16(20)23(26,27)28/h1-2,5-9,12,18,21-22H,3-4,10-11H2/t18-,21+,22?/m1/s1. The van der Waals surface area contributed by atoms with E-state index >= 15 is 0 Å². The lowest BCUT2D eigenvalue weighted by atomic mass is 9.91. The number of benzene rings is 2. The molecule has 3 atom stereocenters. The minimum absolute atomic E-state index is 0.0286. The Balaban J connectivity index is 1.71. The van der Waals surface area contributed by atoms with Crippen molar-refractivity contribution in [2.24, 2.45) is 0 Å². The molecule has 2 aromatic carbocycles.